The molecule has 29 heavy (non-hydrogen) atoms. The van der Waals surface area contributed by atoms with E-state index in [2.05, 4.69) is 0 Å². The molecule has 1 N–H and O–H groups in total. The summed E-state index contributed by atoms with van der Waals surface area (Å²) in [6.07, 6.45) is 1.53. The summed E-state index contributed by atoms with van der Waals surface area (Å²) in [5.41, 5.74) is 0.536. The Morgan fingerprint density at radius 3 is 2.66 bits per heavy atom. The van der Waals surface area contributed by atoms with E-state index in [1.165, 1.54) is 23.1 Å². The second kappa shape index (κ2) is 7.48. The number of likely N-dealkylation sites (tertiary alicyclic amines) is 1. The zero-order valence-corrected chi connectivity index (χ0v) is 16.3. The second-order valence-corrected chi connectivity index (χ2v) is 7.50. The molecule has 3 heterocycles. The summed E-state index contributed by atoms with van der Waals surface area (Å²) >= 11 is 0. The molecule has 4 rings (SSSR count). The fourth-order valence-corrected chi connectivity index (χ4v) is 3.92. The van der Waals surface area contributed by atoms with Crippen molar-refractivity contribution in [2.45, 2.75) is 38.8 Å². The summed E-state index contributed by atoms with van der Waals surface area (Å²) in [7, 11) is 0. The normalized spacial score (nSPS) is 23.9. The monoisotopic (exact) mass is 399 g/mol. The second-order valence-electron chi connectivity index (χ2n) is 7.50. The van der Waals surface area contributed by atoms with Crippen molar-refractivity contribution in [1.82, 2.24) is 4.90 Å². The number of amides is 1. The average molecular weight is 399 g/mol. The highest BCUT2D eigenvalue weighted by atomic mass is 19.1. The molecule has 2 fully saturated rings. The number of benzene rings is 1. The molecule has 2 atom stereocenters. The number of aliphatic hydroxyl groups is 1. The minimum Gasteiger partial charge on any atom is -0.507 e. The van der Waals surface area contributed by atoms with Gasteiger partial charge >= 0.3 is 0 Å². The van der Waals surface area contributed by atoms with Crippen LogP contribution in [-0.2, 0) is 14.3 Å². The number of aryl methyl sites for hydroxylation is 2. The van der Waals surface area contributed by atoms with E-state index < -0.39 is 23.5 Å². The van der Waals surface area contributed by atoms with Crippen molar-refractivity contribution in [2.75, 3.05) is 13.2 Å². The molecule has 0 aliphatic carbocycles. The number of hydrogen-bond donors (Lipinski definition) is 1. The van der Waals surface area contributed by atoms with Crippen molar-refractivity contribution in [1.29, 1.82) is 0 Å². The van der Waals surface area contributed by atoms with Crippen LogP contribution in [0, 0.1) is 19.7 Å². The molecule has 0 bridgehead atoms. The molecular weight excluding hydrogens is 377 g/mol. The van der Waals surface area contributed by atoms with Crippen LogP contribution in [-0.4, -0.2) is 41.0 Å². The van der Waals surface area contributed by atoms with Gasteiger partial charge in [-0.3, -0.25) is 9.59 Å². The smallest absolute Gasteiger partial charge is 0.295 e. The highest BCUT2D eigenvalue weighted by Crippen LogP contribution is 2.40. The molecular formula is C22H22FNO5. The van der Waals surface area contributed by atoms with Gasteiger partial charge in [0, 0.05) is 18.7 Å². The number of ketones is 1. The maximum Gasteiger partial charge on any atom is 0.295 e. The Morgan fingerprint density at radius 1 is 1.24 bits per heavy atom. The Labute approximate surface area is 167 Å². The molecule has 152 valence electrons. The Morgan fingerprint density at radius 2 is 2.03 bits per heavy atom. The maximum atomic E-state index is 13.7. The van der Waals surface area contributed by atoms with Crippen LogP contribution in [0.15, 0.2) is 40.3 Å². The first-order valence-electron chi connectivity index (χ1n) is 9.59. The number of rotatable bonds is 4. The molecule has 2 aromatic rings. The summed E-state index contributed by atoms with van der Waals surface area (Å²) < 4.78 is 25.0. The highest BCUT2D eigenvalue weighted by Gasteiger charge is 2.48. The highest BCUT2D eigenvalue weighted by molar-refractivity contribution is 6.46. The number of carbonyl (C=O) groups is 2. The van der Waals surface area contributed by atoms with Gasteiger partial charge in [-0.25, -0.2) is 4.39 Å². The van der Waals surface area contributed by atoms with E-state index in [1.807, 2.05) is 0 Å². The van der Waals surface area contributed by atoms with Crippen molar-refractivity contribution in [3.05, 3.63) is 64.4 Å². The summed E-state index contributed by atoms with van der Waals surface area (Å²) in [6.45, 7) is 4.18. The lowest BCUT2D eigenvalue weighted by molar-refractivity contribution is -0.141. The molecule has 2 saturated heterocycles. The van der Waals surface area contributed by atoms with Crippen LogP contribution in [0.25, 0.3) is 5.76 Å². The van der Waals surface area contributed by atoms with Crippen LogP contribution in [0.3, 0.4) is 0 Å². The number of hydrogen-bond acceptors (Lipinski definition) is 5. The number of aliphatic hydroxyl groups excluding tert-OH is 1. The van der Waals surface area contributed by atoms with Crippen molar-refractivity contribution in [2.24, 2.45) is 0 Å². The van der Waals surface area contributed by atoms with Crippen molar-refractivity contribution < 1.29 is 28.2 Å². The lowest BCUT2D eigenvalue weighted by atomic mass is 9.98. The standard InChI is InChI=1S/C22H22FNO5/c1-12-10-14(6-7-16(12)23)20(25)18-19(17-8-5-13(2)29-17)24(22(27)21(18)26)11-15-4-3-9-28-15/h5-8,10,15,19,25H,3-4,9,11H2,1-2H3/b20-18-. The third kappa shape index (κ3) is 3.46. The summed E-state index contributed by atoms with van der Waals surface area (Å²) in [5, 5.41) is 10.9. The molecule has 2 aliphatic rings. The predicted octanol–water partition coefficient (Wildman–Crippen LogP) is 3.64. The van der Waals surface area contributed by atoms with Gasteiger partial charge in [0.1, 0.15) is 29.1 Å². The summed E-state index contributed by atoms with van der Waals surface area (Å²) in [6, 6.07) is 6.62. The van der Waals surface area contributed by atoms with Crippen LogP contribution < -0.4 is 0 Å². The number of furan rings is 1. The predicted molar refractivity (Wildman–Crippen MR) is 103 cm³/mol. The van der Waals surface area contributed by atoms with E-state index in [1.54, 1.807) is 26.0 Å². The van der Waals surface area contributed by atoms with E-state index >= 15 is 0 Å². The molecule has 1 aromatic carbocycles. The first-order chi connectivity index (χ1) is 13.9. The maximum absolute atomic E-state index is 13.7. The number of nitrogens with zero attached hydrogens (tertiary/aromatic N) is 1. The third-order valence-corrected chi connectivity index (χ3v) is 5.43. The molecule has 2 aliphatic heterocycles. The molecule has 7 heteroatoms. The van der Waals surface area contributed by atoms with E-state index in [9.17, 15) is 19.1 Å². The van der Waals surface area contributed by atoms with Gasteiger partial charge in [-0.15, -0.1) is 0 Å². The van der Waals surface area contributed by atoms with Crippen LogP contribution in [0.5, 0.6) is 0 Å². The van der Waals surface area contributed by atoms with E-state index in [0.717, 1.165) is 12.8 Å². The van der Waals surface area contributed by atoms with E-state index in [4.69, 9.17) is 9.15 Å². The SMILES string of the molecule is Cc1ccc(C2/C(=C(/O)c3ccc(F)c(C)c3)C(=O)C(=O)N2CC2CCCO2)o1. The fourth-order valence-electron chi connectivity index (χ4n) is 3.92. The number of halogens is 1. The first-order valence-corrected chi connectivity index (χ1v) is 9.59. The first kappa shape index (κ1) is 19.4. The molecule has 0 saturated carbocycles. The molecule has 0 radical (unpaired) electrons. The van der Waals surface area contributed by atoms with Gasteiger partial charge in [0.15, 0.2) is 0 Å². The molecule has 6 nitrogen and oxygen atoms in total. The van der Waals surface area contributed by atoms with E-state index in [-0.39, 0.29) is 29.5 Å². The Hall–Kier alpha value is -2.93. The van der Waals surface area contributed by atoms with Crippen LogP contribution in [0.4, 0.5) is 4.39 Å². The molecule has 1 aromatic heterocycles. The van der Waals surface area contributed by atoms with E-state index in [0.29, 0.717) is 23.7 Å². The zero-order chi connectivity index (χ0) is 20.7. The van der Waals surface area contributed by atoms with Gasteiger partial charge in [-0.1, -0.05) is 0 Å². The van der Waals surface area contributed by atoms with Crippen LogP contribution in [0.2, 0.25) is 0 Å². The average Bonchev–Trinajstić information content (AvgIpc) is 3.41. The molecule has 1 amide bonds. The number of Topliss-reactive ketones (excluding diaryl/α,β-unsaturated/α-hetero) is 1. The minimum absolute atomic E-state index is 0.0617. The van der Waals surface area contributed by atoms with Gasteiger partial charge in [0.05, 0.1) is 11.7 Å². The van der Waals surface area contributed by atoms with Gasteiger partial charge in [0.25, 0.3) is 11.7 Å². The van der Waals surface area contributed by atoms with Crippen molar-refractivity contribution in [3.8, 4) is 0 Å². The van der Waals surface area contributed by atoms with Crippen molar-refractivity contribution >= 4 is 17.4 Å². The van der Waals surface area contributed by atoms with Crippen molar-refractivity contribution in [3.63, 3.8) is 0 Å². The van der Waals surface area contributed by atoms with Gasteiger partial charge in [-0.2, -0.15) is 0 Å². The summed E-state index contributed by atoms with van der Waals surface area (Å²) in [4.78, 5) is 27.1. The lowest BCUT2D eigenvalue weighted by Crippen LogP contribution is -2.36. The van der Waals surface area contributed by atoms with Crippen LogP contribution in [0.1, 0.15) is 41.5 Å². The Kier molecular flexibility index (Phi) is 5.00. The lowest BCUT2D eigenvalue weighted by Gasteiger charge is -2.25. The fraction of sp³-hybridized carbons (Fsp3) is 0.364. The molecule has 0 spiro atoms. The Balaban J connectivity index is 1.82. The minimum atomic E-state index is -0.863. The quantitative estimate of drug-likeness (QED) is 0.482. The number of carbonyl (C=O) groups excluding carboxylic acids is 2. The van der Waals surface area contributed by atoms with Gasteiger partial charge in [0.2, 0.25) is 0 Å². The largest absolute Gasteiger partial charge is 0.507 e. The van der Waals surface area contributed by atoms with Gasteiger partial charge < -0.3 is 19.2 Å². The third-order valence-electron chi connectivity index (χ3n) is 5.43. The Bertz CT molecular complexity index is 1000. The van der Waals surface area contributed by atoms with Crippen LogP contribution >= 0.6 is 0 Å². The van der Waals surface area contributed by atoms with Gasteiger partial charge in [-0.05, 0) is 62.6 Å². The zero-order valence-electron chi connectivity index (χ0n) is 16.3. The molecule has 2 unspecified atom stereocenters. The number of ether oxygens (including phenoxy) is 1. The topological polar surface area (TPSA) is 80.0 Å². The summed E-state index contributed by atoms with van der Waals surface area (Å²) in [5.74, 6) is -1.25.